The van der Waals surface area contributed by atoms with Crippen LogP contribution in [0.3, 0.4) is 0 Å². The van der Waals surface area contributed by atoms with Crippen molar-refractivity contribution in [2.75, 3.05) is 12.3 Å². The molecule has 0 aromatic rings. The second-order valence-electron chi connectivity index (χ2n) is 8.89. The maximum absolute atomic E-state index is 12.9. The Morgan fingerprint density at radius 1 is 1.00 bits per heavy atom. The molecule has 0 aromatic carbocycles. The van der Waals surface area contributed by atoms with Crippen LogP contribution in [0.1, 0.15) is 85.0 Å². The van der Waals surface area contributed by atoms with Crippen LogP contribution in [0, 0.1) is 11.8 Å². The van der Waals surface area contributed by atoms with Crippen molar-refractivity contribution < 1.29 is 14.4 Å². The molecule has 2 aliphatic rings. The third-order valence-electron chi connectivity index (χ3n) is 5.81. The van der Waals surface area contributed by atoms with Crippen molar-refractivity contribution in [3.8, 4) is 0 Å². The molecular formula is C22H39N3O3S. The molecule has 7 heteroatoms. The predicted molar refractivity (Wildman–Crippen MR) is 120 cm³/mol. The molecule has 0 radical (unpaired) electrons. The zero-order chi connectivity index (χ0) is 21.2. The molecule has 1 unspecified atom stereocenters. The minimum atomic E-state index is -0.401. The maximum Gasteiger partial charge on any atom is 0.346 e. The van der Waals surface area contributed by atoms with E-state index in [1.165, 1.54) is 43.5 Å². The number of hydroxylamine groups is 2. The van der Waals surface area contributed by atoms with E-state index >= 15 is 0 Å². The Morgan fingerprint density at radius 2 is 1.52 bits per heavy atom. The predicted octanol–water partition coefficient (Wildman–Crippen LogP) is 4.45. The number of rotatable bonds is 9. The zero-order valence-corrected chi connectivity index (χ0v) is 19.3. The first-order valence-electron chi connectivity index (χ1n) is 11.4. The molecule has 0 saturated heterocycles. The second kappa shape index (κ2) is 12.6. The first kappa shape index (κ1) is 24.2. The SMILES string of the molecule is CC(C)C=NN(CC(=O)ON(C1CCCCC1)C1CCCCC1)C(=O)C(C)CS. The fraction of sp³-hybridized carbons (Fsp3) is 0.864. The highest BCUT2D eigenvalue weighted by atomic mass is 32.1. The van der Waals surface area contributed by atoms with Crippen molar-refractivity contribution in [1.29, 1.82) is 0 Å². The van der Waals surface area contributed by atoms with Crippen molar-refractivity contribution in [1.82, 2.24) is 10.1 Å². The van der Waals surface area contributed by atoms with Crippen molar-refractivity contribution in [2.45, 2.75) is 97.1 Å². The van der Waals surface area contributed by atoms with Gasteiger partial charge in [0.15, 0.2) is 0 Å². The number of hydrogen-bond acceptors (Lipinski definition) is 6. The van der Waals surface area contributed by atoms with E-state index in [1.54, 1.807) is 13.1 Å². The summed E-state index contributed by atoms with van der Waals surface area (Å²) in [6.07, 6.45) is 13.3. The quantitative estimate of drug-likeness (QED) is 0.337. The fourth-order valence-corrected chi connectivity index (χ4v) is 4.27. The zero-order valence-electron chi connectivity index (χ0n) is 18.4. The topological polar surface area (TPSA) is 62.2 Å². The van der Waals surface area contributed by atoms with Gasteiger partial charge in [-0.3, -0.25) is 4.79 Å². The summed E-state index contributed by atoms with van der Waals surface area (Å²) >= 11 is 4.22. The van der Waals surface area contributed by atoms with E-state index in [0.717, 1.165) is 25.7 Å². The molecule has 166 valence electrons. The average molecular weight is 426 g/mol. The number of carbonyl (C=O) groups excluding carboxylic acids is 2. The molecular weight excluding hydrogens is 386 g/mol. The molecule has 1 atom stereocenters. The standard InChI is InChI=1S/C22H39N3O3S/c1-17(2)14-23-24(22(27)18(3)16-29)15-21(26)28-25(19-10-6-4-7-11-19)20-12-8-5-9-13-20/h14,17-20,29H,4-13,15-16H2,1-3H3. The van der Waals surface area contributed by atoms with Gasteiger partial charge in [-0.15, -0.1) is 5.06 Å². The monoisotopic (exact) mass is 425 g/mol. The summed E-state index contributed by atoms with van der Waals surface area (Å²) in [7, 11) is 0. The van der Waals surface area contributed by atoms with Gasteiger partial charge in [0.25, 0.3) is 0 Å². The lowest BCUT2D eigenvalue weighted by Crippen LogP contribution is -2.48. The summed E-state index contributed by atoms with van der Waals surface area (Å²) < 4.78 is 0. The Morgan fingerprint density at radius 3 is 1.97 bits per heavy atom. The van der Waals surface area contributed by atoms with Gasteiger partial charge in [0.2, 0.25) is 5.91 Å². The van der Waals surface area contributed by atoms with Gasteiger partial charge in [0, 0.05) is 30.0 Å². The van der Waals surface area contributed by atoms with E-state index in [-0.39, 0.29) is 24.3 Å². The molecule has 0 heterocycles. The summed E-state index contributed by atoms with van der Waals surface area (Å²) in [5.74, 6) is -0.299. The minimum Gasteiger partial charge on any atom is -0.366 e. The molecule has 0 aromatic heterocycles. The number of carbonyl (C=O) groups is 2. The molecule has 0 bridgehead atoms. The largest absolute Gasteiger partial charge is 0.366 e. The van der Waals surface area contributed by atoms with Crippen LogP contribution in [0.25, 0.3) is 0 Å². The molecule has 6 nitrogen and oxygen atoms in total. The lowest BCUT2D eigenvalue weighted by atomic mass is 9.90. The third-order valence-corrected chi connectivity index (χ3v) is 6.36. The highest BCUT2D eigenvalue weighted by Gasteiger charge is 2.33. The minimum absolute atomic E-state index is 0.157. The second-order valence-corrected chi connectivity index (χ2v) is 9.26. The van der Waals surface area contributed by atoms with Gasteiger partial charge >= 0.3 is 5.97 Å². The van der Waals surface area contributed by atoms with Crippen molar-refractivity contribution >= 4 is 30.7 Å². The first-order valence-corrected chi connectivity index (χ1v) is 12.0. The molecule has 2 saturated carbocycles. The van der Waals surface area contributed by atoms with Crippen LogP contribution in [-0.2, 0) is 14.4 Å². The molecule has 0 spiro atoms. The number of hydrazone groups is 1. The number of amides is 1. The Labute approximate surface area is 181 Å². The van der Waals surface area contributed by atoms with Gasteiger partial charge < -0.3 is 4.84 Å². The Hall–Kier alpha value is -1.08. The molecule has 1 amide bonds. The van der Waals surface area contributed by atoms with Crippen LogP contribution in [0.5, 0.6) is 0 Å². The smallest absolute Gasteiger partial charge is 0.346 e. The summed E-state index contributed by atoms with van der Waals surface area (Å²) in [4.78, 5) is 31.4. The molecule has 2 aliphatic carbocycles. The fourth-order valence-electron chi connectivity index (χ4n) is 4.11. The van der Waals surface area contributed by atoms with Crippen molar-refractivity contribution in [2.24, 2.45) is 16.9 Å². The van der Waals surface area contributed by atoms with Gasteiger partial charge in [0.1, 0.15) is 6.54 Å². The number of nitrogens with zero attached hydrogens (tertiary/aromatic N) is 3. The van der Waals surface area contributed by atoms with Gasteiger partial charge in [-0.05, 0) is 31.6 Å². The van der Waals surface area contributed by atoms with Gasteiger partial charge in [0.05, 0.1) is 0 Å². The summed E-state index contributed by atoms with van der Waals surface area (Å²) in [5, 5.41) is 7.52. The molecule has 29 heavy (non-hydrogen) atoms. The van der Waals surface area contributed by atoms with Crippen LogP contribution < -0.4 is 0 Å². The Balaban J connectivity index is 2.07. The third kappa shape index (κ3) is 7.93. The lowest BCUT2D eigenvalue weighted by molar-refractivity contribution is -0.223. The van der Waals surface area contributed by atoms with E-state index < -0.39 is 5.97 Å². The molecule has 0 N–H and O–H groups in total. The molecule has 2 rings (SSSR count). The van der Waals surface area contributed by atoms with Crippen LogP contribution in [-0.4, -0.2) is 52.5 Å². The summed E-state index contributed by atoms with van der Waals surface area (Å²) in [6.45, 7) is 5.62. The van der Waals surface area contributed by atoms with E-state index in [2.05, 4.69) is 17.7 Å². The summed E-state index contributed by atoms with van der Waals surface area (Å²) in [6, 6.07) is 0.603. The van der Waals surface area contributed by atoms with Crippen molar-refractivity contribution in [3.05, 3.63) is 0 Å². The highest BCUT2D eigenvalue weighted by molar-refractivity contribution is 7.80. The number of thiol groups is 1. The van der Waals surface area contributed by atoms with E-state index in [9.17, 15) is 9.59 Å². The van der Waals surface area contributed by atoms with Crippen LogP contribution in [0.15, 0.2) is 5.10 Å². The van der Waals surface area contributed by atoms with Crippen LogP contribution in [0.4, 0.5) is 0 Å². The number of hydrogen-bond donors (Lipinski definition) is 1. The molecule has 0 aliphatic heterocycles. The van der Waals surface area contributed by atoms with Crippen LogP contribution >= 0.6 is 12.6 Å². The van der Waals surface area contributed by atoms with Gasteiger partial charge in [-0.1, -0.05) is 59.3 Å². The van der Waals surface area contributed by atoms with Crippen molar-refractivity contribution in [3.63, 3.8) is 0 Å². The Kier molecular flexibility index (Phi) is 10.5. The normalized spacial score (nSPS) is 20.3. The molecule has 2 fully saturated rings. The highest BCUT2D eigenvalue weighted by Crippen LogP contribution is 2.30. The lowest BCUT2D eigenvalue weighted by Gasteiger charge is -2.39. The maximum atomic E-state index is 12.9. The summed E-state index contributed by atoms with van der Waals surface area (Å²) in [5.41, 5.74) is 0. The Bertz CT molecular complexity index is 525. The average Bonchev–Trinajstić information content (AvgIpc) is 2.75. The van der Waals surface area contributed by atoms with E-state index in [0.29, 0.717) is 17.8 Å². The first-order chi connectivity index (χ1) is 13.9. The van der Waals surface area contributed by atoms with Crippen LogP contribution in [0.2, 0.25) is 0 Å². The van der Waals surface area contributed by atoms with E-state index in [1.807, 2.05) is 18.9 Å². The van der Waals surface area contributed by atoms with Gasteiger partial charge in [-0.25, -0.2) is 9.80 Å². The van der Waals surface area contributed by atoms with E-state index in [4.69, 9.17) is 4.84 Å². The van der Waals surface area contributed by atoms with Gasteiger partial charge in [-0.2, -0.15) is 17.7 Å².